The smallest absolute Gasteiger partial charge is 0.248 e. The molecule has 2 heterocycles. The second kappa shape index (κ2) is 10.4. The SMILES string of the molecule is CCOc1cc(C2C(C(N)=O)=C(C)Nc3nc(-c4cccc(Cl)c4)nn32)ccc1OCc1ccccc1. The number of benzene rings is 3. The van der Waals surface area contributed by atoms with E-state index in [9.17, 15) is 4.79 Å². The number of carbonyl (C=O) groups is 1. The number of amides is 1. The lowest BCUT2D eigenvalue weighted by atomic mass is 9.95. The van der Waals surface area contributed by atoms with Crippen LogP contribution in [0.2, 0.25) is 5.02 Å². The Kier molecular flexibility index (Phi) is 6.83. The second-order valence-electron chi connectivity index (χ2n) is 8.56. The Labute approximate surface area is 219 Å². The van der Waals surface area contributed by atoms with Gasteiger partial charge in [0.1, 0.15) is 12.6 Å². The molecule has 0 radical (unpaired) electrons. The number of carbonyl (C=O) groups excluding carboxylic acids is 1. The minimum atomic E-state index is -0.614. The molecule has 9 heteroatoms. The first-order chi connectivity index (χ1) is 17.9. The summed E-state index contributed by atoms with van der Waals surface area (Å²) >= 11 is 6.19. The third-order valence-corrected chi connectivity index (χ3v) is 6.26. The highest BCUT2D eigenvalue weighted by atomic mass is 35.5. The number of anilines is 1. The van der Waals surface area contributed by atoms with Gasteiger partial charge in [-0.1, -0.05) is 60.1 Å². The van der Waals surface area contributed by atoms with Crippen LogP contribution in [0.5, 0.6) is 11.5 Å². The van der Waals surface area contributed by atoms with E-state index in [4.69, 9.17) is 31.9 Å². The van der Waals surface area contributed by atoms with Gasteiger partial charge in [0, 0.05) is 16.3 Å². The maximum absolute atomic E-state index is 12.6. The summed E-state index contributed by atoms with van der Waals surface area (Å²) in [6.45, 7) is 4.55. The lowest BCUT2D eigenvalue weighted by Gasteiger charge is -2.28. The number of nitrogens with one attached hydrogen (secondary N) is 1. The number of aromatic nitrogens is 3. The summed E-state index contributed by atoms with van der Waals surface area (Å²) < 4.78 is 13.7. The molecule has 0 saturated carbocycles. The number of fused-ring (bicyclic) bond motifs is 1. The second-order valence-corrected chi connectivity index (χ2v) is 8.99. The third-order valence-electron chi connectivity index (χ3n) is 6.02. The van der Waals surface area contributed by atoms with Gasteiger partial charge in [0.05, 0.1) is 12.2 Å². The Morgan fingerprint density at radius 1 is 1.05 bits per heavy atom. The fraction of sp³-hybridized carbons (Fsp3) is 0.179. The first-order valence-corrected chi connectivity index (χ1v) is 12.3. The lowest BCUT2D eigenvalue weighted by molar-refractivity contribution is -0.115. The molecule has 1 atom stereocenters. The van der Waals surface area contributed by atoms with E-state index in [2.05, 4.69) is 10.3 Å². The highest BCUT2D eigenvalue weighted by Crippen LogP contribution is 2.39. The summed E-state index contributed by atoms with van der Waals surface area (Å²) in [5.74, 6) is 1.57. The monoisotopic (exact) mass is 515 g/mol. The molecule has 3 N–H and O–H groups in total. The van der Waals surface area contributed by atoms with Crippen molar-refractivity contribution in [2.75, 3.05) is 11.9 Å². The van der Waals surface area contributed by atoms with Crippen molar-refractivity contribution < 1.29 is 14.3 Å². The van der Waals surface area contributed by atoms with Crippen LogP contribution in [0.4, 0.5) is 5.95 Å². The maximum Gasteiger partial charge on any atom is 0.248 e. The van der Waals surface area contributed by atoms with Crippen molar-refractivity contribution in [2.45, 2.75) is 26.5 Å². The van der Waals surface area contributed by atoms with Gasteiger partial charge in [-0.15, -0.1) is 5.10 Å². The first-order valence-electron chi connectivity index (χ1n) is 11.9. The van der Waals surface area contributed by atoms with Crippen LogP contribution in [0, 0.1) is 0 Å². The number of allylic oxidation sites excluding steroid dienone is 1. The molecule has 1 unspecified atom stereocenters. The van der Waals surface area contributed by atoms with Gasteiger partial charge < -0.3 is 20.5 Å². The fourth-order valence-corrected chi connectivity index (χ4v) is 4.54. The van der Waals surface area contributed by atoms with Gasteiger partial charge >= 0.3 is 0 Å². The molecule has 0 aliphatic carbocycles. The van der Waals surface area contributed by atoms with Crippen molar-refractivity contribution in [3.63, 3.8) is 0 Å². The van der Waals surface area contributed by atoms with Gasteiger partial charge in [-0.25, -0.2) is 4.68 Å². The van der Waals surface area contributed by atoms with Crippen LogP contribution < -0.4 is 20.5 Å². The molecular formula is C28H26ClN5O3. The Morgan fingerprint density at radius 3 is 2.59 bits per heavy atom. The number of ether oxygens (including phenoxy) is 2. The summed E-state index contributed by atoms with van der Waals surface area (Å²) in [5.41, 5.74) is 9.40. The maximum atomic E-state index is 12.6. The Hall–Kier alpha value is -4.30. The number of hydrogen-bond donors (Lipinski definition) is 2. The summed E-state index contributed by atoms with van der Waals surface area (Å²) in [5, 5.41) is 8.47. The molecular weight excluding hydrogens is 490 g/mol. The minimum Gasteiger partial charge on any atom is -0.490 e. The van der Waals surface area contributed by atoms with Crippen LogP contribution in [0.15, 0.2) is 84.1 Å². The number of rotatable bonds is 8. The van der Waals surface area contributed by atoms with Crippen LogP contribution in [0.1, 0.15) is 31.0 Å². The third kappa shape index (κ3) is 5.01. The quantitative estimate of drug-likeness (QED) is 0.328. The molecule has 3 aromatic carbocycles. The zero-order chi connectivity index (χ0) is 25.9. The van der Waals surface area contributed by atoms with E-state index in [-0.39, 0.29) is 0 Å². The predicted molar refractivity (Wildman–Crippen MR) is 143 cm³/mol. The van der Waals surface area contributed by atoms with Crippen LogP contribution in [-0.4, -0.2) is 27.3 Å². The molecule has 1 aromatic heterocycles. The van der Waals surface area contributed by atoms with E-state index in [0.29, 0.717) is 52.8 Å². The van der Waals surface area contributed by atoms with Gasteiger partial charge in [0.25, 0.3) is 0 Å². The van der Waals surface area contributed by atoms with Crippen molar-refractivity contribution in [2.24, 2.45) is 5.73 Å². The molecule has 1 amide bonds. The molecule has 0 bridgehead atoms. The first kappa shape index (κ1) is 24.4. The summed E-state index contributed by atoms with van der Waals surface area (Å²) in [7, 11) is 0. The lowest BCUT2D eigenvalue weighted by Crippen LogP contribution is -2.31. The number of nitrogens with zero attached hydrogens (tertiary/aromatic N) is 3. The highest BCUT2D eigenvalue weighted by molar-refractivity contribution is 6.30. The van der Waals surface area contributed by atoms with Gasteiger partial charge in [0.2, 0.25) is 11.9 Å². The summed E-state index contributed by atoms with van der Waals surface area (Å²) in [6, 6.07) is 22.2. The molecule has 8 nitrogen and oxygen atoms in total. The molecule has 37 heavy (non-hydrogen) atoms. The van der Waals surface area contributed by atoms with Crippen LogP contribution in [-0.2, 0) is 11.4 Å². The van der Waals surface area contributed by atoms with E-state index in [0.717, 1.165) is 16.7 Å². The van der Waals surface area contributed by atoms with Crippen molar-refractivity contribution in [3.05, 3.63) is 100 Å². The van der Waals surface area contributed by atoms with E-state index >= 15 is 0 Å². The van der Waals surface area contributed by atoms with E-state index < -0.39 is 11.9 Å². The Bertz CT molecular complexity index is 1480. The van der Waals surface area contributed by atoms with Gasteiger partial charge in [-0.05, 0) is 49.2 Å². The molecule has 0 fully saturated rings. The zero-order valence-corrected chi connectivity index (χ0v) is 21.2. The predicted octanol–water partition coefficient (Wildman–Crippen LogP) is 5.35. The largest absolute Gasteiger partial charge is 0.490 e. The van der Waals surface area contributed by atoms with E-state index in [1.807, 2.05) is 67.6 Å². The van der Waals surface area contributed by atoms with Crippen LogP contribution in [0.25, 0.3) is 11.4 Å². The molecule has 1 aliphatic heterocycles. The topological polar surface area (TPSA) is 104 Å². The highest BCUT2D eigenvalue weighted by Gasteiger charge is 2.34. The minimum absolute atomic E-state index is 0.385. The average molecular weight is 516 g/mol. The van der Waals surface area contributed by atoms with E-state index in [1.165, 1.54) is 0 Å². The van der Waals surface area contributed by atoms with E-state index in [1.54, 1.807) is 23.7 Å². The van der Waals surface area contributed by atoms with Gasteiger partial charge in [-0.2, -0.15) is 4.98 Å². The molecule has 5 rings (SSSR count). The van der Waals surface area contributed by atoms with Crippen molar-refractivity contribution in [1.29, 1.82) is 0 Å². The summed E-state index contributed by atoms with van der Waals surface area (Å²) in [4.78, 5) is 17.3. The molecule has 0 saturated heterocycles. The number of halogens is 1. The van der Waals surface area contributed by atoms with Crippen LogP contribution in [0.3, 0.4) is 0 Å². The van der Waals surface area contributed by atoms with Crippen LogP contribution >= 0.6 is 11.6 Å². The zero-order valence-electron chi connectivity index (χ0n) is 20.4. The Balaban J connectivity index is 1.56. The molecule has 0 spiro atoms. The number of primary amides is 1. The average Bonchev–Trinajstić information content (AvgIpc) is 3.31. The standard InChI is InChI=1S/C28H26ClN5O3/c1-3-36-23-15-19(12-13-22(23)37-16-18-8-5-4-6-9-18)25-24(26(30)35)17(2)31-28-32-27(33-34(25)28)20-10-7-11-21(29)14-20/h4-15,25H,3,16H2,1-2H3,(H2,30,35)(H,31,32,33). The summed E-state index contributed by atoms with van der Waals surface area (Å²) in [6.07, 6.45) is 0. The molecule has 188 valence electrons. The Morgan fingerprint density at radius 2 is 1.86 bits per heavy atom. The van der Waals surface area contributed by atoms with Gasteiger partial charge in [0.15, 0.2) is 17.3 Å². The number of nitrogens with two attached hydrogens (primary N) is 1. The molecule has 4 aromatic rings. The van der Waals surface area contributed by atoms with Crippen molar-refractivity contribution in [3.8, 4) is 22.9 Å². The number of hydrogen-bond acceptors (Lipinski definition) is 6. The van der Waals surface area contributed by atoms with Crippen molar-refractivity contribution >= 4 is 23.5 Å². The molecule has 1 aliphatic rings. The normalized spacial score (nSPS) is 14.6. The van der Waals surface area contributed by atoms with Crippen molar-refractivity contribution in [1.82, 2.24) is 14.8 Å². The van der Waals surface area contributed by atoms with Gasteiger partial charge in [-0.3, -0.25) is 4.79 Å². The fourth-order valence-electron chi connectivity index (χ4n) is 4.35.